The zero-order valence-electron chi connectivity index (χ0n) is 13.9. The lowest BCUT2D eigenvalue weighted by molar-refractivity contribution is 0.163. The van der Waals surface area contributed by atoms with Crippen molar-refractivity contribution in [2.75, 3.05) is 19.0 Å². The van der Waals surface area contributed by atoms with E-state index >= 15 is 0 Å². The number of ether oxygens (including phenoxy) is 1. The van der Waals surface area contributed by atoms with E-state index in [1.54, 1.807) is 7.11 Å². The molecular weight excluding hydrogens is 292 g/mol. The molecule has 2 N–H and O–H groups in total. The second kappa shape index (κ2) is 7.93. The second-order valence-electron chi connectivity index (χ2n) is 6.59. The topological polar surface area (TPSA) is 33.3 Å². The van der Waals surface area contributed by atoms with Crippen molar-refractivity contribution >= 4 is 23.0 Å². The van der Waals surface area contributed by atoms with E-state index in [0.717, 1.165) is 23.8 Å². The van der Waals surface area contributed by atoms with Crippen LogP contribution < -0.4 is 10.6 Å². The zero-order valence-corrected chi connectivity index (χ0v) is 14.8. The SMILES string of the molecule is COCCC1(NC(=S)Nc2ccc(C(C)C)cc2)CCCC1. The molecule has 0 spiro atoms. The van der Waals surface area contributed by atoms with Gasteiger partial charge in [0.15, 0.2) is 5.11 Å². The average molecular weight is 321 g/mol. The molecular formula is C18H28N2OS. The molecule has 1 aromatic rings. The summed E-state index contributed by atoms with van der Waals surface area (Å²) in [7, 11) is 1.76. The minimum atomic E-state index is 0.109. The first-order valence-corrected chi connectivity index (χ1v) is 8.63. The van der Waals surface area contributed by atoms with E-state index in [4.69, 9.17) is 17.0 Å². The summed E-state index contributed by atoms with van der Waals surface area (Å²) >= 11 is 5.52. The van der Waals surface area contributed by atoms with Crippen LogP contribution in [0.25, 0.3) is 0 Å². The molecule has 22 heavy (non-hydrogen) atoms. The lowest BCUT2D eigenvalue weighted by Crippen LogP contribution is -2.48. The molecule has 1 aromatic carbocycles. The molecule has 0 aliphatic heterocycles. The van der Waals surface area contributed by atoms with E-state index in [1.165, 1.54) is 31.2 Å². The highest BCUT2D eigenvalue weighted by molar-refractivity contribution is 7.80. The number of hydrogen-bond acceptors (Lipinski definition) is 2. The van der Waals surface area contributed by atoms with Gasteiger partial charge in [0.25, 0.3) is 0 Å². The number of benzene rings is 1. The van der Waals surface area contributed by atoms with Crippen molar-refractivity contribution in [1.82, 2.24) is 5.32 Å². The Morgan fingerprint density at radius 3 is 2.41 bits per heavy atom. The Morgan fingerprint density at radius 2 is 1.86 bits per heavy atom. The molecule has 3 nitrogen and oxygen atoms in total. The third-order valence-electron chi connectivity index (χ3n) is 4.56. The van der Waals surface area contributed by atoms with Gasteiger partial charge in [-0.3, -0.25) is 0 Å². The van der Waals surface area contributed by atoms with Crippen LogP contribution in [0.15, 0.2) is 24.3 Å². The third-order valence-corrected chi connectivity index (χ3v) is 4.76. The van der Waals surface area contributed by atoms with Gasteiger partial charge in [-0.05, 0) is 55.1 Å². The lowest BCUT2D eigenvalue weighted by Gasteiger charge is -2.31. The molecule has 0 atom stereocenters. The van der Waals surface area contributed by atoms with E-state index in [0.29, 0.717) is 5.92 Å². The first-order chi connectivity index (χ1) is 10.5. The van der Waals surface area contributed by atoms with E-state index in [2.05, 4.69) is 48.7 Å². The summed E-state index contributed by atoms with van der Waals surface area (Å²) < 4.78 is 5.26. The molecule has 0 heterocycles. The summed E-state index contributed by atoms with van der Waals surface area (Å²) in [5.41, 5.74) is 2.50. The van der Waals surface area contributed by atoms with Crippen molar-refractivity contribution in [3.63, 3.8) is 0 Å². The first-order valence-electron chi connectivity index (χ1n) is 8.23. The molecule has 1 aliphatic rings. The number of methoxy groups -OCH3 is 1. The van der Waals surface area contributed by atoms with Gasteiger partial charge < -0.3 is 15.4 Å². The molecule has 0 radical (unpaired) electrons. The fraction of sp³-hybridized carbons (Fsp3) is 0.611. The maximum absolute atomic E-state index is 5.52. The van der Waals surface area contributed by atoms with Gasteiger partial charge in [-0.2, -0.15) is 0 Å². The van der Waals surface area contributed by atoms with E-state index in [9.17, 15) is 0 Å². The molecule has 0 aromatic heterocycles. The van der Waals surface area contributed by atoms with E-state index < -0.39 is 0 Å². The quantitative estimate of drug-likeness (QED) is 0.759. The van der Waals surface area contributed by atoms with Crippen molar-refractivity contribution in [3.05, 3.63) is 29.8 Å². The Bertz CT molecular complexity index is 478. The Kier molecular flexibility index (Phi) is 6.21. The van der Waals surface area contributed by atoms with E-state index in [-0.39, 0.29) is 5.54 Å². The highest BCUT2D eigenvalue weighted by Gasteiger charge is 2.33. The molecule has 1 saturated carbocycles. The predicted molar refractivity (Wildman–Crippen MR) is 97.6 cm³/mol. The zero-order chi connectivity index (χ0) is 16.0. The Morgan fingerprint density at radius 1 is 1.23 bits per heavy atom. The Hall–Kier alpha value is -1.13. The van der Waals surface area contributed by atoms with Crippen molar-refractivity contribution in [3.8, 4) is 0 Å². The monoisotopic (exact) mass is 320 g/mol. The van der Waals surface area contributed by atoms with Crippen molar-refractivity contribution < 1.29 is 4.74 Å². The maximum Gasteiger partial charge on any atom is 0.171 e. The maximum atomic E-state index is 5.52. The molecule has 0 amide bonds. The summed E-state index contributed by atoms with van der Waals surface area (Å²) in [5.74, 6) is 0.551. The Labute approximate surface area is 139 Å². The molecule has 0 unspecified atom stereocenters. The van der Waals surface area contributed by atoms with Crippen LogP contribution in [0.4, 0.5) is 5.69 Å². The minimum Gasteiger partial charge on any atom is -0.385 e. The molecule has 4 heteroatoms. The molecule has 1 fully saturated rings. The Balaban J connectivity index is 1.93. The summed E-state index contributed by atoms with van der Waals surface area (Å²) in [6.07, 6.45) is 5.89. The summed E-state index contributed by atoms with van der Waals surface area (Å²) in [5, 5.41) is 7.59. The van der Waals surface area contributed by atoms with Crippen LogP contribution in [0.5, 0.6) is 0 Å². The van der Waals surface area contributed by atoms with Crippen LogP contribution in [0.1, 0.15) is 57.4 Å². The standard InChI is InChI=1S/C18H28N2OS/c1-14(2)15-6-8-16(9-7-15)19-17(22)20-18(12-13-21-3)10-4-5-11-18/h6-9,14H,4-5,10-13H2,1-3H3,(H2,19,20,22). The molecule has 122 valence electrons. The van der Waals surface area contributed by atoms with Crippen LogP contribution in [0.3, 0.4) is 0 Å². The summed E-state index contributed by atoms with van der Waals surface area (Å²) in [6, 6.07) is 8.51. The van der Waals surface area contributed by atoms with E-state index in [1.807, 2.05) is 0 Å². The van der Waals surface area contributed by atoms with Gasteiger partial charge in [-0.25, -0.2) is 0 Å². The van der Waals surface area contributed by atoms with Crippen LogP contribution >= 0.6 is 12.2 Å². The fourth-order valence-corrected chi connectivity index (χ4v) is 3.48. The van der Waals surface area contributed by atoms with Crippen LogP contribution in [-0.4, -0.2) is 24.4 Å². The van der Waals surface area contributed by atoms with Gasteiger partial charge in [-0.15, -0.1) is 0 Å². The van der Waals surface area contributed by atoms with Gasteiger partial charge in [0.1, 0.15) is 0 Å². The van der Waals surface area contributed by atoms with Gasteiger partial charge in [0.05, 0.1) is 0 Å². The van der Waals surface area contributed by atoms with Gasteiger partial charge in [-0.1, -0.05) is 38.8 Å². The highest BCUT2D eigenvalue weighted by Crippen LogP contribution is 2.32. The number of thiocarbonyl (C=S) groups is 1. The number of nitrogens with one attached hydrogen (secondary N) is 2. The third kappa shape index (κ3) is 4.68. The number of anilines is 1. The lowest BCUT2D eigenvalue weighted by atomic mass is 9.94. The first kappa shape index (κ1) is 17.2. The largest absolute Gasteiger partial charge is 0.385 e. The molecule has 0 saturated heterocycles. The van der Waals surface area contributed by atoms with Gasteiger partial charge in [0.2, 0.25) is 0 Å². The summed E-state index contributed by atoms with van der Waals surface area (Å²) in [4.78, 5) is 0. The fourth-order valence-electron chi connectivity index (χ4n) is 3.14. The van der Waals surface area contributed by atoms with Gasteiger partial charge >= 0.3 is 0 Å². The van der Waals surface area contributed by atoms with Crippen LogP contribution in [-0.2, 0) is 4.74 Å². The molecule has 2 rings (SSSR count). The average Bonchev–Trinajstić information content (AvgIpc) is 2.94. The van der Waals surface area contributed by atoms with Gasteiger partial charge in [0, 0.05) is 24.9 Å². The van der Waals surface area contributed by atoms with Crippen molar-refractivity contribution in [2.45, 2.75) is 57.4 Å². The predicted octanol–water partition coefficient (Wildman–Crippen LogP) is 4.45. The minimum absolute atomic E-state index is 0.109. The smallest absolute Gasteiger partial charge is 0.171 e. The van der Waals surface area contributed by atoms with Crippen molar-refractivity contribution in [1.29, 1.82) is 0 Å². The summed E-state index contributed by atoms with van der Waals surface area (Å²) in [6.45, 7) is 5.18. The second-order valence-corrected chi connectivity index (χ2v) is 6.99. The van der Waals surface area contributed by atoms with Crippen molar-refractivity contribution in [2.24, 2.45) is 0 Å². The number of rotatable bonds is 6. The molecule has 1 aliphatic carbocycles. The number of hydrogen-bond donors (Lipinski definition) is 2. The highest BCUT2D eigenvalue weighted by atomic mass is 32.1. The molecule has 0 bridgehead atoms. The van der Waals surface area contributed by atoms with Crippen LogP contribution in [0, 0.1) is 0 Å². The van der Waals surface area contributed by atoms with Crippen LogP contribution in [0.2, 0.25) is 0 Å². The normalized spacial score (nSPS) is 16.7.